The van der Waals surface area contributed by atoms with Gasteiger partial charge < -0.3 is 9.47 Å². The second-order valence-corrected chi connectivity index (χ2v) is 7.05. The molecule has 0 saturated heterocycles. The van der Waals surface area contributed by atoms with Gasteiger partial charge in [0.25, 0.3) is 0 Å². The minimum absolute atomic E-state index is 0.257. The number of ether oxygens (including phenoxy) is 2. The van der Waals surface area contributed by atoms with Crippen molar-refractivity contribution in [3.63, 3.8) is 0 Å². The van der Waals surface area contributed by atoms with E-state index in [1.165, 1.54) is 11.3 Å². The van der Waals surface area contributed by atoms with E-state index >= 15 is 0 Å². The fourth-order valence-corrected chi connectivity index (χ4v) is 3.29. The number of aromatic nitrogens is 2. The first-order valence-corrected chi connectivity index (χ1v) is 8.63. The fraction of sp³-hybridized carbons (Fsp3) is 0.333. The predicted molar refractivity (Wildman–Crippen MR) is 80.7 cm³/mol. The third kappa shape index (κ3) is 4.30. The van der Waals surface area contributed by atoms with Gasteiger partial charge in [-0.2, -0.15) is 0 Å². The zero-order chi connectivity index (χ0) is 15.5. The van der Waals surface area contributed by atoms with Gasteiger partial charge in [0.05, 0.1) is 20.5 Å². The molecule has 0 amide bonds. The summed E-state index contributed by atoms with van der Waals surface area (Å²) in [5.74, 6) is 1.28. The van der Waals surface area contributed by atoms with Gasteiger partial charge in [-0.3, -0.25) is 4.72 Å². The molecular formula is C12H15N3O4S2. The molecule has 0 bridgehead atoms. The summed E-state index contributed by atoms with van der Waals surface area (Å²) >= 11 is 1.19. The highest BCUT2D eigenvalue weighted by Gasteiger charge is 2.10. The van der Waals surface area contributed by atoms with Gasteiger partial charge in [-0.25, -0.2) is 8.42 Å². The summed E-state index contributed by atoms with van der Waals surface area (Å²) < 4.78 is 34.9. The third-order valence-electron chi connectivity index (χ3n) is 2.54. The number of anilines is 1. The molecule has 0 aliphatic carbocycles. The molecule has 1 aromatic carbocycles. The molecule has 1 heterocycles. The van der Waals surface area contributed by atoms with Crippen molar-refractivity contribution in [2.45, 2.75) is 6.42 Å². The average Bonchev–Trinajstić information content (AvgIpc) is 2.83. The maximum atomic E-state index is 11.1. The molecule has 7 nitrogen and oxygen atoms in total. The molecule has 0 atom stereocenters. The van der Waals surface area contributed by atoms with Crippen molar-refractivity contribution in [1.29, 1.82) is 0 Å². The molecule has 1 N–H and O–H groups in total. The Morgan fingerprint density at radius 1 is 1.19 bits per heavy atom. The largest absolute Gasteiger partial charge is 0.493 e. The lowest BCUT2D eigenvalue weighted by atomic mass is 10.1. The number of sulfonamides is 1. The van der Waals surface area contributed by atoms with Crippen LogP contribution >= 0.6 is 11.3 Å². The van der Waals surface area contributed by atoms with Gasteiger partial charge >= 0.3 is 0 Å². The van der Waals surface area contributed by atoms with Crippen molar-refractivity contribution in [3.8, 4) is 11.5 Å². The Labute approximate surface area is 127 Å². The smallest absolute Gasteiger partial charge is 0.231 e. The third-order valence-corrected chi connectivity index (χ3v) is 4.07. The molecule has 1 aromatic heterocycles. The van der Waals surface area contributed by atoms with E-state index in [0.717, 1.165) is 11.8 Å². The molecule has 0 spiro atoms. The highest BCUT2D eigenvalue weighted by molar-refractivity contribution is 7.92. The monoisotopic (exact) mass is 329 g/mol. The van der Waals surface area contributed by atoms with E-state index < -0.39 is 10.0 Å². The van der Waals surface area contributed by atoms with Gasteiger partial charge in [-0.05, 0) is 17.7 Å². The Morgan fingerprint density at radius 3 is 2.52 bits per heavy atom. The number of nitrogens with zero attached hydrogens (tertiary/aromatic N) is 2. The quantitative estimate of drug-likeness (QED) is 0.864. The summed E-state index contributed by atoms with van der Waals surface area (Å²) in [6, 6.07) is 5.56. The van der Waals surface area contributed by atoms with Crippen LogP contribution in [0.2, 0.25) is 0 Å². The van der Waals surface area contributed by atoms with Crippen LogP contribution in [0.25, 0.3) is 0 Å². The van der Waals surface area contributed by atoms with Crippen LogP contribution in [0, 0.1) is 0 Å². The van der Waals surface area contributed by atoms with Gasteiger partial charge in [-0.1, -0.05) is 17.4 Å². The Bertz CT molecular complexity index is 728. The molecule has 0 aliphatic heterocycles. The number of hydrogen-bond acceptors (Lipinski definition) is 7. The molecule has 0 fully saturated rings. The SMILES string of the molecule is COc1ccc(Cc2nnc(NS(C)(=O)=O)s2)cc1OC. The van der Waals surface area contributed by atoms with Gasteiger partial charge in [0.2, 0.25) is 15.2 Å². The first-order valence-electron chi connectivity index (χ1n) is 5.92. The molecule has 114 valence electrons. The van der Waals surface area contributed by atoms with Crippen molar-refractivity contribution in [2.24, 2.45) is 0 Å². The number of methoxy groups -OCH3 is 2. The molecule has 0 unspecified atom stereocenters. The lowest BCUT2D eigenvalue weighted by molar-refractivity contribution is 0.354. The van der Waals surface area contributed by atoms with Gasteiger partial charge in [0, 0.05) is 6.42 Å². The van der Waals surface area contributed by atoms with Crippen molar-refractivity contribution in [1.82, 2.24) is 10.2 Å². The number of nitrogens with one attached hydrogen (secondary N) is 1. The average molecular weight is 329 g/mol. The van der Waals surface area contributed by atoms with Crippen molar-refractivity contribution < 1.29 is 17.9 Å². The summed E-state index contributed by atoms with van der Waals surface area (Å²) in [6.07, 6.45) is 1.60. The Kier molecular flexibility index (Phi) is 4.63. The van der Waals surface area contributed by atoms with Crippen LogP contribution in [0.15, 0.2) is 18.2 Å². The molecule has 0 radical (unpaired) electrons. The van der Waals surface area contributed by atoms with E-state index in [-0.39, 0.29) is 5.13 Å². The summed E-state index contributed by atoms with van der Waals surface area (Å²) in [6.45, 7) is 0. The lowest BCUT2D eigenvalue weighted by Crippen LogP contribution is -2.08. The van der Waals surface area contributed by atoms with E-state index in [1.54, 1.807) is 14.2 Å². The zero-order valence-corrected chi connectivity index (χ0v) is 13.4. The van der Waals surface area contributed by atoms with E-state index in [0.29, 0.717) is 22.9 Å². The molecule has 9 heteroatoms. The minimum Gasteiger partial charge on any atom is -0.493 e. The summed E-state index contributed by atoms with van der Waals surface area (Å²) in [4.78, 5) is 0. The lowest BCUT2D eigenvalue weighted by Gasteiger charge is -2.08. The van der Waals surface area contributed by atoms with Crippen LogP contribution in [0.1, 0.15) is 10.6 Å². The van der Waals surface area contributed by atoms with Gasteiger partial charge in [-0.15, -0.1) is 10.2 Å². The Hall–Kier alpha value is -1.87. The molecule has 2 rings (SSSR count). The zero-order valence-electron chi connectivity index (χ0n) is 11.8. The first-order chi connectivity index (χ1) is 9.91. The fourth-order valence-electron chi connectivity index (χ4n) is 1.69. The van der Waals surface area contributed by atoms with E-state index in [1.807, 2.05) is 18.2 Å². The maximum Gasteiger partial charge on any atom is 0.231 e. The molecule has 0 aliphatic rings. The van der Waals surface area contributed by atoms with Crippen LogP contribution in [-0.2, 0) is 16.4 Å². The van der Waals surface area contributed by atoms with Crippen LogP contribution in [-0.4, -0.2) is 39.1 Å². The van der Waals surface area contributed by atoms with Crippen LogP contribution in [0.5, 0.6) is 11.5 Å². The number of hydrogen-bond donors (Lipinski definition) is 1. The topological polar surface area (TPSA) is 90.4 Å². The van der Waals surface area contributed by atoms with Gasteiger partial charge in [0.15, 0.2) is 11.5 Å². The second-order valence-electron chi connectivity index (χ2n) is 4.24. The molecule has 21 heavy (non-hydrogen) atoms. The van der Waals surface area contributed by atoms with Gasteiger partial charge in [0.1, 0.15) is 5.01 Å². The van der Waals surface area contributed by atoms with Crippen molar-refractivity contribution in [2.75, 3.05) is 25.2 Å². The number of rotatable bonds is 6. The van der Waals surface area contributed by atoms with Crippen LogP contribution in [0.3, 0.4) is 0 Å². The van der Waals surface area contributed by atoms with Crippen molar-refractivity contribution >= 4 is 26.5 Å². The van der Waals surface area contributed by atoms with E-state index in [4.69, 9.17) is 9.47 Å². The summed E-state index contributed by atoms with van der Waals surface area (Å²) in [7, 11) is -0.190. The maximum absolute atomic E-state index is 11.1. The Morgan fingerprint density at radius 2 is 1.90 bits per heavy atom. The highest BCUT2D eigenvalue weighted by atomic mass is 32.2. The van der Waals surface area contributed by atoms with E-state index in [2.05, 4.69) is 14.9 Å². The summed E-state index contributed by atoms with van der Waals surface area (Å²) in [5.41, 5.74) is 0.967. The van der Waals surface area contributed by atoms with Crippen molar-refractivity contribution in [3.05, 3.63) is 28.8 Å². The molecular weight excluding hydrogens is 314 g/mol. The van der Waals surface area contributed by atoms with Crippen LogP contribution in [0.4, 0.5) is 5.13 Å². The standard InChI is InChI=1S/C12H15N3O4S2/c1-18-9-5-4-8(6-10(9)19-2)7-11-13-14-12(20-11)15-21(3,16)17/h4-6H,7H2,1-3H3,(H,14,15). The second kappa shape index (κ2) is 6.27. The minimum atomic E-state index is -3.33. The molecule has 2 aromatic rings. The highest BCUT2D eigenvalue weighted by Crippen LogP contribution is 2.29. The Balaban J connectivity index is 2.15. The molecule has 0 saturated carbocycles. The van der Waals surface area contributed by atoms with Crippen LogP contribution < -0.4 is 14.2 Å². The summed E-state index contributed by atoms with van der Waals surface area (Å²) in [5, 5.41) is 8.72. The van der Waals surface area contributed by atoms with E-state index in [9.17, 15) is 8.42 Å². The predicted octanol–water partition coefficient (Wildman–Crippen LogP) is 1.52. The number of benzene rings is 1. The first kappa shape index (κ1) is 15.5. The normalized spacial score (nSPS) is 11.2.